The van der Waals surface area contributed by atoms with Gasteiger partial charge in [0, 0.05) is 17.3 Å². The van der Waals surface area contributed by atoms with Crippen LogP contribution in [0.5, 0.6) is 11.5 Å². The largest absolute Gasteiger partial charge is 0.493 e. The minimum Gasteiger partial charge on any atom is -0.493 e. The lowest BCUT2D eigenvalue weighted by Crippen LogP contribution is -2.29. The summed E-state index contributed by atoms with van der Waals surface area (Å²) in [6.45, 7) is 2.25. The lowest BCUT2D eigenvalue weighted by molar-refractivity contribution is 0.255. The summed E-state index contributed by atoms with van der Waals surface area (Å²) in [6, 6.07) is 14.0. The van der Waals surface area contributed by atoms with E-state index in [1.54, 1.807) is 18.3 Å². The molecule has 0 atom stereocenters. The van der Waals surface area contributed by atoms with Crippen molar-refractivity contribution in [3.8, 4) is 33.8 Å². The highest BCUT2D eigenvalue weighted by Gasteiger charge is 2.20. The van der Waals surface area contributed by atoms with E-state index in [2.05, 4.69) is 45.9 Å². The summed E-state index contributed by atoms with van der Waals surface area (Å²) < 4.78 is 37.2. The second-order valence-electron chi connectivity index (χ2n) is 8.99. The summed E-state index contributed by atoms with van der Waals surface area (Å²) >= 11 is 0. The Bertz CT molecular complexity index is 1300. The van der Waals surface area contributed by atoms with Crippen molar-refractivity contribution in [2.24, 2.45) is 0 Å². The maximum atomic E-state index is 11.9. The second-order valence-corrected chi connectivity index (χ2v) is 10.7. The van der Waals surface area contributed by atoms with Crippen LogP contribution in [0.4, 0.5) is 11.5 Å². The predicted octanol–water partition coefficient (Wildman–Crippen LogP) is 4.20. The summed E-state index contributed by atoms with van der Waals surface area (Å²) in [5, 5.41) is 0. The minimum atomic E-state index is -3.55. The van der Waals surface area contributed by atoms with Gasteiger partial charge in [-0.15, -0.1) is 0 Å². The number of nitrogen functional groups attached to an aromatic ring is 1. The number of aromatic nitrogens is 1. The Morgan fingerprint density at radius 3 is 2.29 bits per heavy atom. The smallest absolute Gasteiger partial charge is 0.229 e. The summed E-state index contributed by atoms with van der Waals surface area (Å²) in [5.41, 5.74) is 11.1. The van der Waals surface area contributed by atoms with Crippen molar-refractivity contribution in [2.75, 3.05) is 51.1 Å². The Labute approximate surface area is 207 Å². The molecule has 0 bridgehead atoms. The van der Waals surface area contributed by atoms with Gasteiger partial charge in [0.25, 0.3) is 0 Å². The Kier molecular flexibility index (Phi) is 7.18. The summed E-state index contributed by atoms with van der Waals surface area (Å²) in [4.78, 5) is 6.79. The normalized spacial score (nSPS) is 15.1. The van der Waals surface area contributed by atoms with Crippen molar-refractivity contribution in [2.45, 2.75) is 18.8 Å². The van der Waals surface area contributed by atoms with Crippen molar-refractivity contribution in [1.29, 1.82) is 0 Å². The van der Waals surface area contributed by atoms with Crippen LogP contribution in [-0.2, 0) is 10.0 Å². The molecular formula is C26H32N4O4S. The number of sulfonamides is 1. The number of nitrogens with zero attached hydrogens (tertiary/aromatic N) is 2. The number of piperidine rings is 1. The van der Waals surface area contributed by atoms with Gasteiger partial charge in [0.1, 0.15) is 5.82 Å². The molecule has 0 saturated carbocycles. The van der Waals surface area contributed by atoms with Gasteiger partial charge in [0.15, 0.2) is 11.5 Å². The van der Waals surface area contributed by atoms with Gasteiger partial charge in [-0.3, -0.25) is 4.72 Å². The number of hydrogen-bond acceptors (Lipinski definition) is 7. The van der Waals surface area contributed by atoms with Crippen molar-refractivity contribution in [1.82, 2.24) is 9.88 Å². The summed E-state index contributed by atoms with van der Waals surface area (Å²) in [6.07, 6.45) is 5.18. The van der Waals surface area contributed by atoms with Crippen LogP contribution in [0, 0.1) is 0 Å². The first kappa shape index (κ1) is 24.8. The number of nitrogens with one attached hydrogen (secondary N) is 1. The third-order valence-corrected chi connectivity index (χ3v) is 7.03. The molecule has 3 aromatic rings. The third kappa shape index (κ3) is 5.68. The average Bonchev–Trinajstić information content (AvgIpc) is 2.83. The molecule has 0 amide bonds. The van der Waals surface area contributed by atoms with Gasteiger partial charge in [-0.2, -0.15) is 0 Å². The van der Waals surface area contributed by atoms with Crippen LogP contribution >= 0.6 is 0 Å². The van der Waals surface area contributed by atoms with E-state index in [9.17, 15) is 8.42 Å². The fourth-order valence-corrected chi connectivity index (χ4v) is 5.10. The molecule has 9 heteroatoms. The van der Waals surface area contributed by atoms with Gasteiger partial charge in [-0.05, 0) is 73.8 Å². The number of hydrogen-bond donors (Lipinski definition) is 2. The Morgan fingerprint density at radius 1 is 1.00 bits per heavy atom. The molecule has 0 aliphatic carbocycles. The average molecular weight is 497 g/mol. The van der Waals surface area contributed by atoms with E-state index in [0.717, 1.165) is 30.5 Å². The number of pyridine rings is 1. The zero-order chi connectivity index (χ0) is 25.2. The maximum Gasteiger partial charge on any atom is 0.229 e. The predicted molar refractivity (Wildman–Crippen MR) is 141 cm³/mol. The number of anilines is 2. The standard InChI is InChI=1S/C26H32N4O4S/c1-30-11-9-19(10-12-30)17-5-7-18(8-6-17)21-13-22(26(27)28-16-21)20-14-23(29-35(4,31)32)25(34-3)24(15-20)33-2/h5-8,13-16,19,29H,9-12H2,1-4H3,(H2,27,28). The molecule has 1 aliphatic rings. The van der Waals surface area contributed by atoms with E-state index in [0.29, 0.717) is 28.6 Å². The SMILES string of the molecule is COc1cc(-c2cc(-c3ccc(C4CCN(C)CC4)cc3)cnc2N)cc(NS(C)(=O)=O)c1OC. The quantitative estimate of drug-likeness (QED) is 0.505. The van der Waals surface area contributed by atoms with Crippen LogP contribution in [0.1, 0.15) is 24.3 Å². The van der Waals surface area contributed by atoms with Crippen molar-refractivity contribution < 1.29 is 17.9 Å². The zero-order valence-electron chi connectivity index (χ0n) is 20.5. The molecule has 35 heavy (non-hydrogen) atoms. The fraction of sp³-hybridized carbons (Fsp3) is 0.346. The molecule has 2 heterocycles. The number of nitrogens with two attached hydrogens (primary N) is 1. The molecule has 1 saturated heterocycles. The molecule has 2 aromatic carbocycles. The van der Waals surface area contributed by atoms with E-state index in [-0.39, 0.29) is 11.4 Å². The van der Waals surface area contributed by atoms with Crippen LogP contribution in [0.15, 0.2) is 48.7 Å². The molecule has 1 fully saturated rings. The van der Waals surface area contributed by atoms with E-state index >= 15 is 0 Å². The molecular weight excluding hydrogens is 464 g/mol. The van der Waals surface area contributed by atoms with Gasteiger partial charge < -0.3 is 20.1 Å². The maximum absolute atomic E-state index is 11.9. The van der Waals surface area contributed by atoms with Crippen LogP contribution in [0.25, 0.3) is 22.3 Å². The van der Waals surface area contributed by atoms with Gasteiger partial charge in [-0.1, -0.05) is 24.3 Å². The third-order valence-electron chi connectivity index (χ3n) is 6.44. The Hall–Kier alpha value is -3.30. The molecule has 186 valence electrons. The van der Waals surface area contributed by atoms with Crippen molar-refractivity contribution >= 4 is 21.5 Å². The van der Waals surface area contributed by atoms with Crippen molar-refractivity contribution in [3.05, 3.63) is 54.2 Å². The van der Waals surface area contributed by atoms with Gasteiger partial charge in [0.2, 0.25) is 10.0 Å². The first-order valence-corrected chi connectivity index (χ1v) is 13.4. The topological polar surface area (TPSA) is 107 Å². The van der Waals surface area contributed by atoms with Gasteiger partial charge in [0.05, 0.1) is 26.2 Å². The zero-order valence-corrected chi connectivity index (χ0v) is 21.4. The van der Waals surface area contributed by atoms with Crippen LogP contribution in [0.2, 0.25) is 0 Å². The lowest BCUT2D eigenvalue weighted by Gasteiger charge is -2.29. The molecule has 4 rings (SSSR count). The van der Waals surface area contributed by atoms with Gasteiger partial charge in [-0.25, -0.2) is 13.4 Å². The first-order chi connectivity index (χ1) is 16.7. The van der Waals surface area contributed by atoms with E-state index in [1.807, 2.05) is 6.07 Å². The fourth-order valence-electron chi connectivity index (χ4n) is 4.55. The number of likely N-dealkylation sites (tertiary alicyclic amines) is 1. The summed E-state index contributed by atoms with van der Waals surface area (Å²) in [7, 11) is 1.57. The highest BCUT2D eigenvalue weighted by atomic mass is 32.2. The molecule has 1 aromatic heterocycles. The van der Waals surface area contributed by atoms with Crippen LogP contribution < -0.4 is 19.9 Å². The first-order valence-electron chi connectivity index (χ1n) is 11.5. The number of rotatable bonds is 7. The van der Waals surface area contributed by atoms with Crippen LogP contribution in [-0.4, -0.2) is 58.9 Å². The molecule has 1 aliphatic heterocycles. The summed E-state index contributed by atoms with van der Waals surface area (Å²) in [5.74, 6) is 1.58. The minimum absolute atomic E-state index is 0.261. The molecule has 3 N–H and O–H groups in total. The Morgan fingerprint density at radius 2 is 1.69 bits per heavy atom. The van der Waals surface area contributed by atoms with Crippen molar-refractivity contribution in [3.63, 3.8) is 0 Å². The number of methoxy groups -OCH3 is 2. The number of benzene rings is 2. The number of ether oxygens (including phenoxy) is 2. The Balaban J connectivity index is 1.70. The second kappa shape index (κ2) is 10.1. The molecule has 0 spiro atoms. The monoisotopic (exact) mass is 496 g/mol. The van der Waals surface area contributed by atoms with Gasteiger partial charge >= 0.3 is 0 Å². The lowest BCUT2D eigenvalue weighted by atomic mass is 9.88. The highest BCUT2D eigenvalue weighted by molar-refractivity contribution is 7.92. The van der Waals surface area contributed by atoms with E-state index in [4.69, 9.17) is 15.2 Å². The molecule has 0 radical (unpaired) electrons. The van der Waals surface area contributed by atoms with E-state index < -0.39 is 10.0 Å². The van der Waals surface area contributed by atoms with E-state index in [1.165, 1.54) is 32.6 Å². The van der Waals surface area contributed by atoms with Crippen LogP contribution in [0.3, 0.4) is 0 Å². The molecule has 0 unspecified atom stereocenters. The molecule has 8 nitrogen and oxygen atoms in total. The highest BCUT2D eigenvalue weighted by Crippen LogP contribution is 2.42.